The van der Waals surface area contributed by atoms with Crippen molar-refractivity contribution >= 4 is 10.0 Å². The Bertz CT molecular complexity index is 500. The first-order valence-electron chi connectivity index (χ1n) is 7.28. The summed E-state index contributed by atoms with van der Waals surface area (Å²) in [4.78, 5) is 0. The topological polar surface area (TPSA) is 49.4 Å². The van der Waals surface area contributed by atoms with Gasteiger partial charge in [-0.1, -0.05) is 30.3 Å². The molecule has 0 bridgehead atoms. The van der Waals surface area contributed by atoms with Gasteiger partial charge in [-0.05, 0) is 44.3 Å². The van der Waals surface area contributed by atoms with Crippen molar-refractivity contribution in [3.05, 3.63) is 35.9 Å². The Labute approximate surface area is 122 Å². The molecule has 1 aliphatic rings. The van der Waals surface area contributed by atoms with Crippen LogP contribution in [0.15, 0.2) is 30.3 Å². The molecule has 1 fully saturated rings. The highest BCUT2D eigenvalue weighted by Crippen LogP contribution is 2.19. The maximum absolute atomic E-state index is 12.4. The molecular weight excluding hydrogens is 272 g/mol. The molecule has 0 saturated carbocycles. The van der Waals surface area contributed by atoms with Gasteiger partial charge in [0.2, 0.25) is 10.0 Å². The Kier molecular flexibility index (Phi) is 5.57. The Hall–Kier alpha value is -0.910. The molecule has 112 valence electrons. The number of nitrogens with one attached hydrogen (secondary N) is 1. The lowest BCUT2D eigenvalue weighted by Crippen LogP contribution is -2.43. The van der Waals surface area contributed by atoms with Gasteiger partial charge in [0.05, 0.1) is 5.75 Å². The third-order valence-corrected chi connectivity index (χ3v) is 5.70. The number of rotatable bonds is 6. The molecular formula is C15H24N2O2S. The van der Waals surface area contributed by atoms with E-state index in [-0.39, 0.29) is 5.75 Å². The lowest BCUT2D eigenvalue weighted by atomic mass is 10.00. The molecule has 0 aromatic heterocycles. The van der Waals surface area contributed by atoms with Crippen LogP contribution < -0.4 is 5.32 Å². The van der Waals surface area contributed by atoms with Crippen LogP contribution in [0.5, 0.6) is 0 Å². The van der Waals surface area contributed by atoms with Gasteiger partial charge < -0.3 is 5.32 Å². The van der Waals surface area contributed by atoms with E-state index in [0.29, 0.717) is 25.4 Å². The second kappa shape index (κ2) is 7.20. The number of sulfonamides is 1. The molecule has 1 saturated heterocycles. The third-order valence-electron chi connectivity index (χ3n) is 3.86. The Morgan fingerprint density at radius 2 is 2.05 bits per heavy atom. The summed E-state index contributed by atoms with van der Waals surface area (Å²) in [5.41, 5.74) is 1.08. The lowest BCUT2D eigenvalue weighted by molar-refractivity contribution is 0.263. The maximum atomic E-state index is 12.4. The van der Waals surface area contributed by atoms with Crippen molar-refractivity contribution in [2.45, 2.75) is 19.3 Å². The van der Waals surface area contributed by atoms with E-state index in [2.05, 4.69) is 5.32 Å². The van der Waals surface area contributed by atoms with Crippen LogP contribution in [0, 0.1) is 5.92 Å². The highest BCUT2D eigenvalue weighted by molar-refractivity contribution is 7.89. The summed E-state index contributed by atoms with van der Waals surface area (Å²) in [7, 11) is -1.21. The predicted octanol–water partition coefficient (Wildman–Crippen LogP) is 1.49. The van der Waals surface area contributed by atoms with Gasteiger partial charge in [-0.25, -0.2) is 12.7 Å². The summed E-state index contributed by atoms with van der Waals surface area (Å²) in [6.07, 6.45) is 2.68. The van der Waals surface area contributed by atoms with Gasteiger partial charge in [-0.15, -0.1) is 0 Å². The van der Waals surface area contributed by atoms with Crippen molar-refractivity contribution in [1.29, 1.82) is 0 Å². The first-order valence-corrected chi connectivity index (χ1v) is 8.89. The Morgan fingerprint density at radius 1 is 1.30 bits per heavy atom. The van der Waals surface area contributed by atoms with Crippen molar-refractivity contribution in [3.8, 4) is 0 Å². The molecule has 0 amide bonds. The van der Waals surface area contributed by atoms with Gasteiger partial charge in [0, 0.05) is 13.1 Å². The van der Waals surface area contributed by atoms with Crippen LogP contribution in [-0.4, -0.2) is 45.2 Å². The minimum absolute atomic E-state index is 0.212. The first-order chi connectivity index (χ1) is 9.62. The van der Waals surface area contributed by atoms with Gasteiger partial charge in [0.1, 0.15) is 0 Å². The molecule has 1 unspecified atom stereocenters. The van der Waals surface area contributed by atoms with Crippen LogP contribution in [0.25, 0.3) is 0 Å². The fraction of sp³-hybridized carbons (Fsp3) is 0.600. The third kappa shape index (κ3) is 4.30. The monoisotopic (exact) mass is 296 g/mol. The largest absolute Gasteiger partial charge is 0.319 e. The molecule has 1 aromatic carbocycles. The molecule has 2 rings (SSSR count). The molecule has 1 N–H and O–H groups in total. The number of hydrogen-bond acceptors (Lipinski definition) is 3. The Morgan fingerprint density at radius 3 is 2.75 bits per heavy atom. The van der Waals surface area contributed by atoms with Gasteiger partial charge >= 0.3 is 0 Å². The fourth-order valence-corrected chi connectivity index (χ4v) is 4.35. The van der Waals surface area contributed by atoms with Crippen molar-refractivity contribution in [3.63, 3.8) is 0 Å². The van der Waals surface area contributed by atoms with E-state index in [4.69, 9.17) is 0 Å². The second-order valence-electron chi connectivity index (χ2n) is 5.48. The van der Waals surface area contributed by atoms with Gasteiger partial charge in [0.25, 0.3) is 0 Å². The molecule has 0 spiro atoms. The average molecular weight is 296 g/mol. The van der Waals surface area contributed by atoms with E-state index in [1.807, 2.05) is 37.4 Å². The lowest BCUT2D eigenvalue weighted by Gasteiger charge is -2.31. The maximum Gasteiger partial charge on any atom is 0.214 e. The van der Waals surface area contributed by atoms with E-state index in [1.165, 1.54) is 0 Å². The van der Waals surface area contributed by atoms with E-state index in [1.54, 1.807) is 4.31 Å². The molecule has 1 aromatic rings. The number of nitrogens with zero attached hydrogens (tertiary/aromatic N) is 1. The fourth-order valence-electron chi connectivity index (χ4n) is 2.76. The summed E-state index contributed by atoms with van der Waals surface area (Å²) in [5.74, 6) is 0.656. The van der Waals surface area contributed by atoms with Crippen molar-refractivity contribution < 1.29 is 8.42 Å². The molecule has 4 nitrogen and oxygen atoms in total. The normalized spacial score (nSPS) is 20.9. The predicted molar refractivity (Wildman–Crippen MR) is 82.2 cm³/mol. The minimum atomic E-state index is -3.13. The Balaban J connectivity index is 1.92. The van der Waals surface area contributed by atoms with Gasteiger partial charge in [-0.3, -0.25) is 0 Å². The van der Waals surface area contributed by atoms with Crippen molar-refractivity contribution in [2.75, 3.05) is 32.4 Å². The average Bonchev–Trinajstić information content (AvgIpc) is 2.47. The molecule has 0 aliphatic carbocycles. The second-order valence-corrected chi connectivity index (χ2v) is 7.56. The van der Waals surface area contributed by atoms with Gasteiger partial charge in [0.15, 0.2) is 0 Å². The van der Waals surface area contributed by atoms with Crippen LogP contribution in [0.2, 0.25) is 0 Å². The summed E-state index contributed by atoms with van der Waals surface area (Å²) < 4.78 is 26.5. The smallest absolute Gasteiger partial charge is 0.214 e. The van der Waals surface area contributed by atoms with Crippen molar-refractivity contribution in [1.82, 2.24) is 9.62 Å². The molecule has 1 aliphatic heterocycles. The van der Waals surface area contributed by atoms with E-state index in [0.717, 1.165) is 24.9 Å². The number of piperidine rings is 1. The molecule has 0 radical (unpaired) electrons. The zero-order valence-electron chi connectivity index (χ0n) is 12.1. The highest BCUT2D eigenvalue weighted by atomic mass is 32.2. The summed E-state index contributed by atoms with van der Waals surface area (Å²) in [6.45, 7) is 2.24. The van der Waals surface area contributed by atoms with Crippen LogP contribution in [0.3, 0.4) is 0 Å². The van der Waals surface area contributed by atoms with Crippen LogP contribution in [-0.2, 0) is 16.4 Å². The van der Waals surface area contributed by atoms with E-state index < -0.39 is 10.0 Å². The summed E-state index contributed by atoms with van der Waals surface area (Å²) in [5, 5.41) is 3.15. The highest BCUT2D eigenvalue weighted by Gasteiger charge is 2.28. The number of aryl methyl sites for hydroxylation is 1. The number of benzene rings is 1. The van der Waals surface area contributed by atoms with E-state index in [9.17, 15) is 8.42 Å². The molecule has 20 heavy (non-hydrogen) atoms. The first kappa shape index (κ1) is 15.5. The van der Waals surface area contributed by atoms with Crippen LogP contribution in [0.1, 0.15) is 18.4 Å². The quantitative estimate of drug-likeness (QED) is 0.865. The van der Waals surface area contributed by atoms with Crippen molar-refractivity contribution in [2.24, 2.45) is 5.92 Å². The van der Waals surface area contributed by atoms with Crippen LogP contribution in [0.4, 0.5) is 0 Å². The molecule has 5 heteroatoms. The van der Waals surface area contributed by atoms with Gasteiger partial charge in [-0.2, -0.15) is 0 Å². The summed E-state index contributed by atoms with van der Waals surface area (Å²) >= 11 is 0. The van der Waals surface area contributed by atoms with Crippen LogP contribution >= 0.6 is 0 Å². The number of hydrogen-bond donors (Lipinski definition) is 1. The SMILES string of the molecule is CNCC1CCCN(S(=O)(=O)CCc2ccccc2)C1. The summed E-state index contributed by atoms with van der Waals surface area (Å²) in [6, 6.07) is 9.81. The molecule has 1 atom stereocenters. The minimum Gasteiger partial charge on any atom is -0.319 e. The zero-order valence-corrected chi connectivity index (χ0v) is 12.9. The standard InChI is InChI=1S/C15H24N2O2S/c1-16-12-15-8-5-10-17(13-15)20(18,19)11-9-14-6-3-2-4-7-14/h2-4,6-7,15-16H,5,8-13H2,1H3. The van der Waals surface area contributed by atoms with E-state index >= 15 is 0 Å². The zero-order chi connectivity index (χ0) is 14.4. The molecule has 1 heterocycles.